The molecule has 1 N–H and O–H groups in total. The third-order valence-corrected chi connectivity index (χ3v) is 4.26. The Bertz CT molecular complexity index is 682. The molecule has 0 spiro atoms. The van der Waals surface area contributed by atoms with Crippen LogP contribution in [0.1, 0.15) is 5.56 Å². The number of nitrogens with zero attached hydrogens (tertiary/aromatic N) is 2. The summed E-state index contributed by atoms with van der Waals surface area (Å²) in [6, 6.07) is 13.6. The molecule has 23 heavy (non-hydrogen) atoms. The Morgan fingerprint density at radius 3 is 2.35 bits per heavy atom. The molecule has 3 rings (SSSR count). The van der Waals surface area contributed by atoms with Gasteiger partial charge in [0.2, 0.25) is 0 Å². The molecule has 0 saturated carbocycles. The van der Waals surface area contributed by atoms with Crippen molar-refractivity contribution in [3.63, 3.8) is 0 Å². The number of quaternary nitrogens is 1. The Labute approximate surface area is 134 Å². The first-order valence-corrected chi connectivity index (χ1v) is 7.70. The fraction of sp³-hybridized carbons (Fsp3) is 0.294. The van der Waals surface area contributed by atoms with Gasteiger partial charge in [-0.05, 0) is 24.3 Å². The smallest absolute Gasteiger partial charge is 0.269 e. The van der Waals surface area contributed by atoms with E-state index in [0.29, 0.717) is 5.69 Å². The minimum atomic E-state index is -0.385. The highest BCUT2D eigenvalue weighted by molar-refractivity contribution is 5.47. The highest BCUT2D eigenvalue weighted by Crippen LogP contribution is 2.18. The number of hydrogen-bond acceptors (Lipinski definition) is 3. The van der Waals surface area contributed by atoms with E-state index in [4.69, 9.17) is 0 Å². The third-order valence-electron chi connectivity index (χ3n) is 4.26. The number of benzene rings is 2. The molecule has 5 nitrogen and oxygen atoms in total. The van der Waals surface area contributed by atoms with Crippen molar-refractivity contribution in [2.45, 2.75) is 6.54 Å². The fourth-order valence-electron chi connectivity index (χ4n) is 2.97. The Balaban J connectivity index is 1.57. The first-order valence-electron chi connectivity index (χ1n) is 7.70. The van der Waals surface area contributed by atoms with Gasteiger partial charge in [-0.25, -0.2) is 4.39 Å². The molecule has 1 fully saturated rings. The van der Waals surface area contributed by atoms with E-state index >= 15 is 0 Å². The maximum atomic E-state index is 13.8. The fourth-order valence-corrected chi connectivity index (χ4v) is 2.97. The van der Waals surface area contributed by atoms with Crippen LogP contribution in [0.5, 0.6) is 0 Å². The van der Waals surface area contributed by atoms with Crippen LogP contribution in [-0.4, -0.2) is 31.1 Å². The van der Waals surface area contributed by atoms with Gasteiger partial charge in [0.15, 0.2) is 0 Å². The summed E-state index contributed by atoms with van der Waals surface area (Å²) in [6.07, 6.45) is 0. The number of piperazine rings is 1. The molecule has 1 heterocycles. The van der Waals surface area contributed by atoms with Crippen LogP contribution in [0.3, 0.4) is 0 Å². The zero-order valence-electron chi connectivity index (χ0n) is 12.7. The number of nitrogens with one attached hydrogen (secondary N) is 1. The topological polar surface area (TPSA) is 50.8 Å². The molecule has 0 atom stereocenters. The molecule has 0 unspecified atom stereocenters. The largest absolute Gasteiger partial charge is 0.358 e. The van der Waals surface area contributed by atoms with Crippen molar-refractivity contribution in [3.05, 3.63) is 70.0 Å². The predicted molar refractivity (Wildman–Crippen MR) is 86.1 cm³/mol. The van der Waals surface area contributed by atoms with Crippen molar-refractivity contribution >= 4 is 11.4 Å². The highest BCUT2D eigenvalue weighted by atomic mass is 19.1. The summed E-state index contributed by atoms with van der Waals surface area (Å²) in [7, 11) is 0. The SMILES string of the molecule is O=[N+]([O-])c1ccc(C[NH+]2CCN(c3ccccc3F)CC2)cc1. The quantitative estimate of drug-likeness (QED) is 0.689. The van der Waals surface area contributed by atoms with Gasteiger partial charge in [-0.2, -0.15) is 0 Å². The monoisotopic (exact) mass is 316 g/mol. The van der Waals surface area contributed by atoms with Crippen molar-refractivity contribution < 1.29 is 14.2 Å². The second-order valence-electron chi connectivity index (χ2n) is 5.79. The van der Waals surface area contributed by atoms with Gasteiger partial charge in [0.25, 0.3) is 5.69 Å². The van der Waals surface area contributed by atoms with Crippen molar-refractivity contribution in [2.75, 3.05) is 31.1 Å². The normalized spacial score (nSPS) is 15.6. The molecule has 120 valence electrons. The second kappa shape index (κ2) is 6.75. The van der Waals surface area contributed by atoms with E-state index in [1.54, 1.807) is 18.2 Å². The lowest BCUT2D eigenvalue weighted by Crippen LogP contribution is -3.13. The molecule has 6 heteroatoms. The third kappa shape index (κ3) is 3.65. The molecule has 2 aromatic carbocycles. The van der Waals surface area contributed by atoms with E-state index in [0.717, 1.165) is 38.3 Å². The minimum absolute atomic E-state index is 0.119. The van der Waals surface area contributed by atoms with Gasteiger partial charge >= 0.3 is 0 Å². The van der Waals surface area contributed by atoms with Crippen LogP contribution in [0.25, 0.3) is 0 Å². The van der Waals surface area contributed by atoms with Crippen LogP contribution in [0.2, 0.25) is 0 Å². The number of nitro benzene ring substituents is 1. The van der Waals surface area contributed by atoms with Gasteiger partial charge in [0, 0.05) is 17.7 Å². The lowest BCUT2D eigenvalue weighted by atomic mass is 10.1. The van der Waals surface area contributed by atoms with E-state index in [-0.39, 0.29) is 16.4 Å². The van der Waals surface area contributed by atoms with Crippen LogP contribution in [0.15, 0.2) is 48.5 Å². The summed E-state index contributed by atoms with van der Waals surface area (Å²) in [4.78, 5) is 13.8. The molecular formula is C17H19FN3O2+. The van der Waals surface area contributed by atoms with Gasteiger partial charge in [0.05, 0.1) is 36.8 Å². The highest BCUT2D eigenvalue weighted by Gasteiger charge is 2.22. The van der Waals surface area contributed by atoms with E-state index < -0.39 is 0 Å². The Morgan fingerprint density at radius 2 is 1.74 bits per heavy atom. The summed E-state index contributed by atoms with van der Waals surface area (Å²) in [5.74, 6) is -0.175. The maximum Gasteiger partial charge on any atom is 0.269 e. The molecule has 1 saturated heterocycles. The first kappa shape index (κ1) is 15.4. The average Bonchev–Trinajstić information content (AvgIpc) is 2.57. The van der Waals surface area contributed by atoms with Crippen LogP contribution in [0.4, 0.5) is 15.8 Å². The Kier molecular flexibility index (Phi) is 4.52. The predicted octanol–water partition coefficient (Wildman–Crippen LogP) is 1.64. The summed E-state index contributed by atoms with van der Waals surface area (Å²) in [5.41, 5.74) is 1.87. The Hall–Kier alpha value is -2.47. The number of nitro groups is 1. The average molecular weight is 316 g/mol. The van der Waals surface area contributed by atoms with Gasteiger partial charge < -0.3 is 9.80 Å². The van der Waals surface area contributed by atoms with Crippen LogP contribution < -0.4 is 9.80 Å². The lowest BCUT2D eigenvalue weighted by molar-refractivity contribution is -0.914. The molecule has 2 aromatic rings. The van der Waals surface area contributed by atoms with Crippen LogP contribution >= 0.6 is 0 Å². The zero-order chi connectivity index (χ0) is 16.2. The number of rotatable bonds is 4. The van der Waals surface area contributed by atoms with Crippen molar-refractivity contribution in [2.24, 2.45) is 0 Å². The molecule has 1 aliphatic heterocycles. The van der Waals surface area contributed by atoms with E-state index in [2.05, 4.69) is 4.90 Å². The number of halogens is 1. The standard InChI is InChI=1S/C17H18FN3O2/c18-16-3-1-2-4-17(16)20-11-9-19(10-12-20)13-14-5-7-15(8-6-14)21(22)23/h1-8H,9-13H2/p+1. The molecular weight excluding hydrogens is 297 g/mol. The molecule has 0 aromatic heterocycles. The van der Waals surface area contributed by atoms with Gasteiger partial charge in [-0.15, -0.1) is 0 Å². The first-order chi connectivity index (χ1) is 11.1. The number of hydrogen-bond donors (Lipinski definition) is 1. The summed E-state index contributed by atoms with van der Waals surface area (Å²) in [6.45, 7) is 4.30. The van der Waals surface area contributed by atoms with Crippen molar-refractivity contribution in [1.82, 2.24) is 0 Å². The van der Waals surface area contributed by atoms with Gasteiger partial charge in [0.1, 0.15) is 12.4 Å². The molecule has 0 aliphatic carbocycles. The van der Waals surface area contributed by atoms with E-state index in [9.17, 15) is 14.5 Å². The Morgan fingerprint density at radius 1 is 1.09 bits per heavy atom. The summed E-state index contributed by atoms with van der Waals surface area (Å²) < 4.78 is 13.8. The second-order valence-corrected chi connectivity index (χ2v) is 5.79. The van der Waals surface area contributed by atoms with Crippen LogP contribution in [0, 0.1) is 15.9 Å². The molecule has 0 radical (unpaired) electrons. The molecule has 0 amide bonds. The van der Waals surface area contributed by atoms with E-state index in [1.807, 2.05) is 24.3 Å². The van der Waals surface area contributed by atoms with Gasteiger partial charge in [-0.1, -0.05) is 12.1 Å². The number of anilines is 1. The van der Waals surface area contributed by atoms with Crippen molar-refractivity contribution in [1.29, 1.82) is 0 Å². The number of para-hydroxylation sites is 1. The molecule has 0 bridgehead atoms. The molecule has 1 aliphatic rings. The lowest BCUT2D eigenvalue weighted by Gasteiger charge is -2.33. The summed E-state index contributed by atoms with van der Waals surface area (Å²) in [5, 5.41) is 10.7. The zero-order valence-corrected chi connectivity index (χ0v) is 12.7. The van der Waals surface area contributed by atoms with E-state index in [1.165, 1.54) is 11.0 Å². The summed E-state index contributed by atoms with van der Waals surface area (Å²) >= 11 is 0. The van der Waals surface area contributed by atoms with Gasteiger partial charge in [-0.3, -0.25) is 10.1 Å². The van der Waals surface area contributed by atoms with Crippen LogP contribution in [-0.2, 0) is 6.54 Å². The van der Waals surface area contributed by atoms with Crippen molar-refractivity contribution in [3.8, 4) is 0 Å². The minimum Gasteiger partial charge on any atom is -0.358 e. The maximum absolute atomic E-state index is 13.8. The number of non-ortho nitro benzene ring substituents is 1.